The Kier molecular flexibility index (Phi) is 4.21. The van der Waals surface area contributed by atoms with Crippen molar-refractivity contribution in [3.63, 3.8) is 0 Å². The topological polar surface area (TPSA) is 15.3 Å². The van der Waals surface area contributed by atoms with Crippen LogP contribution < -0.4 is 5.32 Å². The lowest BCUT2D eigenvalue weighted by Gasteiger charge is -2.35. The van der Waals surface area contributed by atoms with Gasteiger partial charge in [0, 0.05) is 28.4 Å². The molecule has 2 fully saturated rings. The Bertz CT molecular complexity index is 446. The summed E-state index contributed by atoms with van der Waals surface area (Å²) in [5.74, 6) is 0. The molecule has 2 nitrogen and oxygen atoms in total. The van der Waals surface area contributed by atoms with Crippen LogP contribution in [-0.4, -0.2) is 30.1 Å². The van der Waals surface area contributed by atoms with Crippen molar-refractivity contribution in [2.24, 2.45) is 0 Å². The molecule has 20 heavy (non-hydrogen) atoms. The number of nitrogens with zero attached hydrogens (tertiary/aromatic N) is 1. The summed E-state index contributed by atoms with van der Waals surface area (Å²) in [7, 11) is 0. The molecule has 2 aliphatic rings. The summed E-state index contributed by atoms with van der Waals surface area (Å²) in [5, 5.41) is 3.80. The fourth-order valence-corrected chi connectivity index (χ4v) is 4.55. The standard InChI is InChI=1S/C17H28N2S/c1-17(2,3)16-7-6-15(20-16)12-18-13-8-10-19-9-4-5-14(19)11-13/h6-7,13-14,18H,4-5,8-12H2,1-3H3. The van der Waals surface area contributed by atoms with Crippen LogP contribution in [0, 0.1) is 0 Å². The molecule has 0 aromatic carbocycles. The van der Waals surface area contributed by atoms with Gasteiger partial charge in [-0.1, -0.05) is 20.8 Å². The summed E-state index contributed by atoms with van der Waals surface area (Å²) >= 11 is 1.97. The second kappa shape index (κ2) is 5.78. The highest BCUT2D eigenvalue weighted by atomic mass is 32.1. The third kappa shape index (κ3) is 3.26. The molecule has 2 aliphatic heterocycles. The first-order valence-corrected chi connectivity index (χ1v) is 8.90. The Hall–Kier alpha value is -0.380. The molecule has 0 radical (unpaired) electrons. The minimum atomic E-state index is 0.290. The van der Waals surface area contributed by atoms with Gasteiger partial charge in [0.25, 0.3) is 0 Å². The molecule has 2 atom stereocenters. The average molecular weight is 292 g/mol. The van der Waals surface area contributed by atoms with E-state index in [0.29, 0.717) is 0 Å². The second-order valence-electron chi connectivity index (χ2n) is 7.45. The maximum atomic E-state index is 3.80. The molecule has 0 aliphatic carbocycles. The number of fused-ring (bicyclic) bond motifs is 1. The minimum absolute atomic E-state index is 0.290. The van der Waals surface area contributed by atoms with E-state index in [2.05, 4.69) is 43.1 Å². The zero-order chi connectivity index (χ0) is 14.2. The Morgan fingerprint density at radius 3 is 2.85 bits per heavy atom. The van der Waals surface area contributed by atoms with Crippen molar-refractivity contribution in [1.29, 1.82) is 0 Å². The smallest absolute Gasteiger partial charge is 0.0302 e. The molecule has 3 heterocycles. The number of thiophene rings is 1. The van der Waals surface area contributed by atoms with Gasteiger partial charge in [-0.15, -0.1) is 11.3 Å². The quantitative estimate of drug-likeness (QED) is 0.912. The van der Waals surface area contributed by atoms with E-state index in [1.807, 2.05) is 11.3 Å². The van der Waals surface area contributed by atoms with Gasteiger partial charge in [0.15, 0.2) is 0 Å². The molecular weight excluding hydrogens is 264 g/mol. The molecule has 0 bridgehead atoms. The molecule has 3 heteroatoms. The van der Waals surface area contributed by atoms with Crippen molar-refractivity contribution < 1.29 is 0 Å². The van der Waals surface area contributed by atoms with Crippen LogP contribution in [0.4, 0.5) is 0 Å². The number of hydrogen-bond donors (Lipinski definition) is 1. The lowest BCUT2D eigenvalue weighted by Crippen LogP contribution is -2.45. The van der Waals surface area contributed by atoms with Gasteiger partial charge in [-0.2, -0.15) is 0 Å². The largest absolute Gasteiger partial charge is 0.309 e. The number of nitrogens with one attached hydrogen (secondary N) is 1. The average Bonchev–Trinajstić information content (AvgIpc) is 3.04. The summed E-state index contributed by atoms with van der Waals surface area (Å²) in [6.45, 7) is 10.6. The van der Waals surface area contributed by atoms with Crippen LogP contribution in [0.1, 0.15) is 56.2 Å². The Morgan fingerprint density at radius 2 is 2.10 bits per heavy atom. The fourth-order valence-electron chi connectivity index (χ4n) is 3.53. The normalized spacial score (nSPS) is 27.8. The monoisotopic (exact) mass is 292 g/mol. The van der Waals surface area contributed by atoms with Crippen LogP contribution in [0.15, 0.2) is 12.1 Å². The van der Waals surface area contributed by atoms with E-state index in [1.165, 1.54) is 48.5 Å². The predicted molar refractivity (Wildman–Crippen MR) is 87.5 cm³/mol. The van der Waals surface area contributed by atoms with E-state index in [-0.39, 0.29) is 5.41 Å². The molecular formula is C17H28N2S. The molecule has 0 saturated carbocycles. The van der Waals surface area contributed by atoms with E-state index in [9.17, 15) is 0 Å². The third-order valence-electron chi connectivity index (χ3n) is 4.79. The molecule has 0 amide bonds. The zero-order valence-corrected chi connectivity index (χ0v) is 13.9. The van der Waals surface area contributed by atoms with Gasteiger partial charge < -0.3 is 10.2 Å². The van der Waals surface area contributed by atoms with Gasteiger partial charge in [0.05, 0.1) is 0 Å². The van der Waals surface area contributed by atoms with Gasteiger partial charge in [0.1, 0.15) is 0 Å². The van der Waals surface area contributed by atoms with Gasteiger partial charge in [-0.05, 0) is 56.3 Å². The van der Waals surface area contributed by atoms with E-state index >= 15 is 0 Å². The highest BCUT2D eigenvalue weighted by Crippen LogP contribution is 2.30. The molecule has 0 spiro atoms. The van der Waals surface area contributed by atoms with Crippen LogP contribution in [0.2, 0.25) is 0 Å². The highest BCUT2D eigenvalue weighted by molar-refractivity contribution is 7.12. The first kappa shape index (κ1) is 14.6. The lowest BCUT2D eigenvalue weighted by molar-refractivity contribution is 0.166. The van der Waals surface area contributed by atoms with Crippen LogP contribution in [0.5, 0.6) is 0 Å². The van der Waals surface area contributed by atoms with Crippen molar-refractivity contribution in [3.05, 3.63) is 21.9 Å². The van der Waals surface area contributed by atoms with Gasteiger partial charge in [0.2, 0.25) is 0 Å². The zero-order valence-electron chi connectivity index (χ0n) is 13.1. The van der Waals surface area contributed by atoms with E-state index in [0.717, 1.165) is 18.6 Å². The summed E-state index contributed by atoms with van der Waals surface area (Å²) in [5.41, 5.74) is 0.290. The van der Waals surface area contributed by atoms with Crippen molar-refractivity contribution in [1.82, 2.24) is 10.2 Å². The Balaban J connectivity index is 1.51. The van der Waals surface area contributed by atoms with Crippen molar-refractivity contribution in [2.45, 2.75) is 70.5 Å². The maximum Gasteiger partial charge on any atom is 0.0302 e. The molecule has 1 N–H and O–H groups in total. The van der Waals surface area contributed by atoms with Gasteiger partial charge >= 0.3 is 0 Å². The molecule has 2 saturated heterocycles. The Labute approximate surface area is 127 Å². The molecule has 2 unspecified atom stereocenters. The summed E-state index contributed by atoms with van der Waals surface area (Å²) in [6.07, 6.45) is 5.52. The van der Waals surface area contributed by atoms with Gasteiger partial charge in [-0.3, -0.25) is 0 Å². The van der Waals surface area contributed by atoms with Crippen molar-refractivity contribution in [3.8, 4) is 0 Å². The molecule has 3 rings (SSSR count). The third-order valence-corrected chi connectivity index (χ3v) is 6.30. The number of hydrogen-bond acceptors (Lipinski definition) is 3. The van der Waals surface area contributed by atoms with Crippen LogP contribution in [0.25, 0.3) is 0 Å². The van der Waals surface area contributed by atoms with Crippen LogP contribution >= 0.6 is 11.3 Å². The second-order valence-corrected chi connectivity index (χ2v) is 8.62. The van der Waals surface area contributed by atoms with Crippen molar-refractivity contribution >= 4 is 11.3 Å². The van der Waals surface area contributed by atoms with Gasteiger partial charge in [-0.25, -0.2) is 0 Å². The lowest BCUT2D eigenvalue weighted by atomic mass is 9.95. The minimum Gasteiger partial charge on any atom is -0.309 e. The summed E-state index contributed by atoms with van der Waals surface area (Å²) in [6, 6.07) is 6.22. The van der Waals surface area contributed by atoms with Crippen LogP contribution in [-0.2, 0) is 12.0 Å². The summed E-state index contributed by atoms with van der Waals surface area (Å²) < 4.78 is 0. The SMILES string of the molecule is CC(C)(C)c1ccc(CNC2CCN3CCCC3C2)s1. The van der Waals surface area contributed by atoms with E-state index in [1.54, 1.807) is 0 Å². The first-order chi connectivity index (χ1) is 9.52. The number of rotatable bonds is 3. The summed E-state index contributed by atoms with van der Waals surface area (Å²) in [4.78, 5) is 5.68. The van der Waals surface area contributed by atoms with Crippen molar-refractivity contribution in [2.75, 3.05) is 13.1 Å². The first-order valence-electron chi connectivity index (χ1n) is 8.09. The predicted octanol–water partition coefficient (Wildman–Crippen LogP) is 3.76. The fraction of sp³-hybridized carbons (Fsp3) is 0.765. The Morgan fingerprint density at radius 1 is 1.25 bits per heavy atom. The van der Waals surface area contributed by atoms with Crippen LogP contribution in [0.3, 0.4) is 0 Å². The molecule has 1 aromatic rings. The maximum absolute atomic E-state index is 3.80. The van der Waals surface area contributed by atoms with E-state index < -0.39 is 0 Å². The molecule has 1 aromatic heterocycles. The number of piperidine rings is 1. The highest BCUT2D eigenvalue weighted by Gasteiger charge is 2.31. The molecule has 112 valence electrons. The van der Waals surface area contributed by atoms with E-state index in [4.69, 9.17) is 0 Å².